The number of ether oxygens (including phenoxy) is 1. The summed E-state index contributed by atoms with van der Waals surface area (Å²) in [5.74, 6) is -2.51. The van der Waals surface area contributed by atoms with Crippen molar-refractivity contribution in [2.24, 2.45) is 5.92 Å². The highest BCUT2D eigenvalue weighted by atomic mass is 19.1. The molecule has 1 fully saturated rings. The molecule has 0 saturated carbocycles. The quantitative estimate of drug-likeness (QED) is 0.497. The molecule has 3 aromatic rings. The van der Waals surface area contributed by atoms with Crippen LogP contribution in [-0.2, 0) is 13.2 Å². The highest BCUT2D eigenvalue weighted by Gasteiger charge is 2.42. The molecule has 1 aromatic heterocycles. The molecule has 8 nitrogen and oxygen atoms in total. The number of amides is 2. The van der Waals surface area contributed by atoms with Crippen molar-refractivity contribution in [2.75, 3.05) is 18.1 Å². The number of pyridine rings is 1. The van der Waals surface area contributed by atoms with Crippen molar-refractivity contribution >= 4 is 11.8 Å². The van der Waals surface area contributed by atoms with Gasteiger partial charge in [0.05, 0.1) is 0 Å². The second kappa shape index (κ2) is 10.9. The smallest absolute Gasteiger partial charge is 0.278 e. The van der Waals surface area contributed by atoms with Crippen LogP contribution >= 0.6 is 0 Å². The van der Waals surface area contributed by atoms with Gasteiger partial charge in [0.2, 0.25) is 5.43 Å². The maximum absolute atomic E-state index is 14.1. The van der Waals surface area contributed by atoms with Gasteiger partial charge >= 0.3 is 0 Å². The fourth-order valence-electron chi connectivity index (χ4n) is 5.23. The summed E-state index contributed by atoms with van der Waals surface area (Å²) in [5.41, 5.74) is -0.0371. The second-order valence-corrected chi connectivity index (χ2v) is 9.96. The summed E-state index contributed by atoms with van der Waals surface area (Å²) in [6, 6.07) is 12.3. The van der Waals surface area contributed by atoms with E-state index in [-0.39, 0.29) is 47.8 Å². The lowest BCUT2D eigenvalue weighted by molar-refractivity contribution is 0.0504. The van der Waals surface area contributed by atoms with Gasteiger partial charge in [-0.05, 0) is 37.3 Å². The summed E-state index contributed by atoms with van der Waals surface area (Å²) in [4.78, 5) is 42.4. The Labute approximate surface area is 224 Å². The summed E-state index contributed by atoms with van der Waals surface area (Å²) >= 11 is 0. The fourth-order valence-corrected chi connectivity index (χ4v) is 5.23. The molecular formula is C29H30F2N4O4. The van der Waals surface area contributed by atoms with Crippen LogP contribution < -0.4 is 20.5 Å². The number of nitrogens with zero attached hydrogens (tertiary/aromatic N) is 3. The molecule has 0 unspecified atom stereocenters. The first-order chi connectivity index (χ1) is 18.8. The van der Waals surface area contributed by atoms with Crippen LogP contribution in [0.15, 0.2) is 59.5 Å². The molecule has 5 rings (SSSR count). The average Bonchev–Trinajstić information content (AvgIpc) is 2.92. The molecule has 3 heterocycles. The number of benzene rings is 2. The zero-order valence-electron chi connectivity index (χ0n) is 21.8. The Hall–Kier alpha value is -4.21. The number of aromatic nitrogens is 1. The maximum Gasteiger partial charge on any atom is 0.278 e. The van der Waals surface area contributed by atoms with Crippen molar-refractivity contribution in [1.82, 2.24) is 14.9 Å². The molecule has 0 radical (unpaired) electrons. The minimum absolute atomic E-state index is 0.0220. The largest absolute Gasteiger partial charge is 0.482 e. The van der Waals surface area contributed by atoms with E-state index in [1.807, 2.05) is 42.3 Å². The van der Waals surface area contributed by atoms with Gasteiger partial charge < -0.3 is 15.0 Å². The Morgan fingerprint density at radius 2 is 1.87 bits per heavy atom. The number of carbonyl (C=O) groups is 2. The summed E-state index contributed by atoms with van der Waals surface area (Å²) in [5, 5.41) is 4.55. The Kier molecular flexibility index (Phi) is 7.36. The van der Waals surface area contributed by atoms with Crippen LogP contribution in [0.5, 0.6) is 5.75 Å². The van der Waals surface area contributed by atoms with Crippen molar-refractivity contribution in [2.45, 2.75) is 46.0 Å². The van der Waals surface area contributed by atoms with Crippen molar-refractivity contribution in [3.8, 4) is 5.75 Å². The van der Waals surface area contributed by atoms with Crippen LogP contribution in [0.2, 0.25) is 0 Å². The second-order valence-electron chi connectivity index (χ2n) is 9.96. The van der Waals surface area contributed by atoms with Gasteiger partial charge in [-0.3, -0.25) is 24.1 Å². The number of carbonyl (C=O) groups excluding carboxylic acids is 2. The molecule has 204 valence electrons. The van der Waals surface area contributed by atoms with Crippen molar-refractivity contribution in [3.05, 3.63) is 99.0 Å². The van der Waals surface area contributed by atoms with Gasteiger partial charge in [0.25, 0.3) is 11.8 Å². The predicted molar refractivity (Wildman–Crippen MR) is 141 cm³/mol. The number of piperidine rings is 1. The van der Waals surface area contributed by atoms with E-state index in [0.717, 1.165) is 30.5 Å². The monoisotopic (exact) mass is 536 g/mol. The molecule has 2 aliphatic rings. The van der Waals surface area contributed by atoms with Gasteiger partial charge in [-0.2, -0.15) is 0 Å². The summed E-state index contributed by atoms with van der Waals surface area (Å²) < 4.78 is 35.0. The summed E-state index contributed by atoms with van der Waals surface area (Å²) in [6.45, 7) is 4.84. The van der Waals surface area contributed by atoms with Gasteiger partial charge in [0.15, 0.2) is 11.4 Å². The van der Waals surface area contributed by atoms with E-state index in [0.29, 0.717) is 19.0 Å². The minimum Gasteiger partial charge on any atom is -0.482 e. The number of halogens is 2. The van der Waals surface area contributed by atoms with Crippen molar-refractivity contribution in [1.29, 1.82) is 0 Å². The van der Waals surface area contributed by atoms with Crippen molar-refractivity contribution < 1.29 is 23.1 Å². The number of nitrogens with one attached hydrogen (secondary N) is 1. The van der Waals surface area contributed by atoms with E-state index in [2.05, 4.69) is 12.2 Å². The highest BCUT2D eigenvalue weighted by molar-refractivity contribution is 5.99. The Morgan fingerprint density at radius 3 is 2.59 bits per heavy atom. The first kappa shape index (κ1) is 26.4. The lowest BCUT2D eigenvalue weighted by Crippen LogP contribution is -2.64. The van der Waals surface area contributed by atoms with E-state index in [1.165, 1.54) is 12.3 Å². The number of rotatable bonds is 7. The van der Waals surface area contributed by atoms with Gasteiger partial charge in [0.1, 0.15) is 30.0 Å². The van der Waals surface area contributed by atoms with Crippen LogP contribution in [0, 0.1) is 17.6 Å². The van der Waals surface area contributed by atoms with Gasteiger partial charge in [-0.15, -0.1) is 0 Å². The topological polar surface area (TPSA) is 83.9 Å². The number of fused-ring (bicyclic) bond motifs is 3. The number of hydrogen-bond acceptors (Lipinski definition) is 5. The highest BCUT2D eigenvalue weighted by Crippen LogP contribution is 2.32. The fraction of sp³-hybridized carbons (Fsp3) is 0.345. The third-order valence-electron chi connectivity index (χ3n) is 7.27. The maximum atomic E-state index is 14.1. The molecule has 2 aromatic carbocycles. The normalized spacial score (nSPS) is 18.4. The standard InChI is InChI=1S/C29H30F2N4O4/c1-3-33-24-12-9-18(2)15-34(24)35-16-22(28(37)32-14-20-10-11-21(30)13-23(20)31)26(36)27(25(35)29(33)38)39-17-19-7-5-4-6-8-19/h4-8,10-11,13,16,18,24H,3,9,12,14-15,17H2,1-2H3,(H,32,37)/t18-,24-/m0/s1. The van der Waals surface area contributed by atoms with E-state index in [9.17, 15) is 23.2 Å². The van der Waals surface area contributed by atoms with E-state index < -0.39 is 23.0 Å². The Balaban J connectivity index is 1.56. The summed E-state index contributed by atoms with van der Waals surface area (Å²) in [7, 11) is 0. The Bertz CT molecular complexity index is 1460. The molecule has 0 spiro atoms. The molecule has 2 amide bonds. The van der Waals surface area contributed by atoms with Gasteiger partial charge in [-0.25, -0.2) is 8.78 Å². The SMILES string of the molecule is CCN1C(=O)c2c(OCc3ccccc3)c(=O)c(C(=O)NCc3ccc(F)cc3F)cn2N2C[C@@H](C)CC[C@@H]12. The van der Waals surface area contributed by atoms with Crippen LogP contribution in [0.4, 0.5) is 8.78 Å². The Morgan fingerprint density at radius 1 is 1.10 bits per heavy atom. The zero-order chi connectivity index (χ0) is 27.7. The molecule has 39 heavy (non-hydrogen) atoms. The molecule has 10 heteroatoms. The lowest BCUT2D eigenvalue weighted by Gasteiger charge is -2.50. The summed E-state index contributed by atoms with van der Waals surface area (Å²) in [6.07, 6.45) is 2.84. The molecular weight excluding hydrogens is 506 g/mol. The first-order valence-corrected chi connectivity index (χ1v) is 13.0. The van der Waals surface area contributed by atoms with E-state index >= 15 is 0 Å². The lowest BCUT2D eigenvalue weighted by atomic mass is 9.97. The first-order valence-electron chi connectivity index (χ1n) is 13.0. The van der Waals surface area contributed by atoms with E-state index in [4.69, 9.17) is 4.74 Å². The molecule has 1 saturated heterocycles. The van der Waals surface area contributed by atoms with Gasteiger partial charge in [-0.1, -0.05) is 43.3 Å². The molecule has 2 atom stereocenters. The molecule has 0 bridgehead atoms. The number of hydrogen-bond donors (Lipinski definition) is 1. The average molecular weight is 537 g/mol. The third kappa shape index (κ3) is 5.10. The van der Waals surface area contributed by atoms with Gasteiger partial charge in [0, 0.05) is 37.5 Å². The van der Waals surface area contributed by atoms with Crippen LogP contribution in [0.1, 0.15) is 58.7 Å². The minimum atomic E-state index is -0.806. The van der Waals surface area contributed by atoms with Crippen molar-refractivity contribution in [3.63, 3.8) is 0 Å². The van der Waals surface area contributed by atoms with Crippen LogP contribution in [0.25, 0.3) is 0 Å². The van der Waals surface area contributed by atoms with Crippen LogP contribution in [-0.4, -0.2) is 40.6 Å². The molecule has 1 N–H and O–H groups in total. The predicted octanol–water partition coefficient (Wildman–Crippen LogP) is 3.81. The molecule has 0 aliphatic carbocycles. The van der Waals surface area contributed by atoms with Crippen LogP contribution in [0.3, 0.4) is 0 Å². The third-order valence-corrected chi connectivity index (χ3v) is 7.27. The molecule has 2 aliphatic heterocycles. The zero-order valence-corrected chi connectivity index (χ0v) is 21.8. The van der Waals surface area contributed by atoms with E-state index in [1.54, 1.807) is 9.58 Å².